The molecule has 0 radical (unpaired) electrons. The van der Waals surface area contributed by atoms with Gasteiger partial charge in [0.1, 0.15) is 0 Å². The lowest BCUT2D eigenvalue weighted by Crippen LogP contribution is -2.40. The summed E-state index contributed by atoms with van der Waals surface area (Å²) >= 11 is 0. The van der Waals surface area contributed by atoms with Crippen molar-refractivity contribution in [3.8, 4) is 0 Å². The molecule has 1 unspecified atom stereocenters. The molecule has 1 saturated heterocycles. The molecular weight excluding hydrogens is 131 g/mol. The van der Waals surface area contributed by atoms with Gasteiger partial charge >= 0.3 is 8.56 Å². The Labute approximate surface area is 58.2 Å². The van der Waals surface area contributed by atoms with Gasteiger partial charge in [0.05, 0.1) is 0 Å². The van der Waals surface area contributed by atoms with Crippen LogP contribution in [0.2, 0.25) is 12.6 Å². The summed E-state index contributed by atoms with van der Waals surface area (Å²) in [6.45, 7) is 3.04. The van der Waals surface area contributed by atoms with Crippen LogP contribution >= 0.6 is 0 Å². The molecule has 0 bridgehead atoms. The number of hydrogen-bond donors (Lipinski definition) is 0. The second-order valence-corrected chi connectivity index (χ2v) is 6.11. The lowest BCUT2D eigenvalue weighted by atomic mass is 10.4. The molecule has 1 aliphatic rings. The van der Waals surface area contributed by atoms with E-state index < -0.39 is 8.56 Å². The van der Waals surface area contributed by atoms with E-state index in [2.05, 4.69) is 6.55 Å². The summed E-state index contributed by atoms with van der Waals surface area (Å²) in [5.74, 6) is 0. The molecule has 1 fully saturated rings. The third-order valence-electron chi connectivity index (χ3n) is 1.86. The fourth-order valence-electron chi connectivity index (χ4n) is 1.07. The lowest BCUT2D eigenvalue weighted by Gasteiger charge is -2.29. The van der Waals surface area contributed by atoms with Gasteiger partial charge in [0, 0.05) is 6.61 Å². The highest BCUT2D eigenvalue weighted by Gasteiger charge is 2.31. The van der Waals surface area contributed by atoms with Crippen LogP contribution in [0.25, 0.3) is 0 Å². The standard InChI is InChI=1S/C5H13BO2Si/c1-9(8-6)5-3-2-4-7-9/h2-6H2,1H3. The fourth-order valence-corrected chi connectivity index (χ4v) is 3.00. The summed E-state index contributed by atoms with van der Waals surface area (Å²) in [5, 5.41) is 0. The average Bonchev–Trinajstić information content (AvgIpc) is 1.90. The molecule has 1 atom stereocenters. The molecule has 0 N–H and O–H groups in total. The molecule has 0 aromatic rings. The highest BCUT2D eigenvalue weighted by molar-refractivity contribution is 6.68. The van der Waals surface area contributed by atoms with Gasteiger partial charge in [-0.05, 0) is 25.4 Å². The van der Waals surface area contributed by atoms with Gasteiger partial charge in [-0.1, -0.05) is 0 Å². The van der Waals surface area contributed by atoms with Crippen molar-refractivity contribution in [2.75, 3.05) is 6.61 Å². The zero-order chi connectivity index (χ0) is 6.74. The van der Waals surface area contributed by atoms with Gasteiger partial charge in [-0.2, -0.15) is 0 Å². The quantitative estimate of drug-likeness (QED) is 0.497. The maximum Gasteiger partial charge on any atom is 0.319 e. The molecule has 0 aliphatic carbocycles. The molecule has 2 nitrogen and oxygen atoms in total. The van der Waals surface area contributed by atoms with E-state index in [-0.39, 0.29) is 0 Å². The van der Waals surface area contributed by atoms with Crippen molar-refractivity contribution in [1.29, 1.82) is 0 Å². The van der Waals surface area contributed by atoms with E-state index in [0.717, 1.165) is 6.61 Å². The first-order valence-electron chi connectivity index (χ1n) is 3.46. The van der Waals surface area contributed by atoms with Gasteiger partial charge in [0.25, 0.3) is 0 Å². The third kappa shape index (κ3) is 1.81. The molecule has 0 saturated carbocycles. The first-order valence-corrected chi connectivity index (χ1v) is 5.98. The van der Waals surface area contributed by atoms with Gasteiger partial charge in [-0.25, -0.2) is 0 Å². The van der Waals surface area contributed by atoms with Crippen LogP contribution in [0.3, 0.4) is 0 Å². The van der Waals surface area contributed by atoms with Crippen LogP contribution in [0.5, 0.6) is 0 Å². The maximum absolute atomic E-state index is 5.53. The van der Waals surface area contributed by atoms with Gasteiger partial charge in [0.15, 0.2) is 0 Å². The summed E-state index contributed by atoms with van der Waals surface area (Å²) in [5.41, 5.74) is 0. The zero-order valence-electron chi connectivity index (χ0n) is 6.14. The maximum atomic E-state index is 5.53. The van der Waals surface area contributed by atoms with Gasteiger partial charge in [-0.3, -0.25) is 0 Å². The van der Waals surface area contributed by atoms with Crippen molar-refractivity contribution in [1.82, 2.24) is 0 Å². The number of rotatable bonds is 1. The molecule has 52 valence electrons. The lowest BCUT2D eigenvalue weighted by molar-refractivity contribution is 0.219. The van der Waals surface area contributed by atoms with Gasteiger partial charge in [-0.15, -0.1) is 0 Å². The summed E-state index contributed by atoms with van der Waals surface area (Å²) < 4.78 is 10.8. The molecule has 1 rings (SSSR count). The smallest absolute Gasteiger partial charge is 0.319 e. The van der Waals surface area contributed by atoms with Gasteiger partial charge in [0.2, 0.25) is 8.05 Å². The van der Waals surface area contributed by atoms with E-state index in [1.54, 1.807) is 8.05 Å². The molecule has 0 aromatic carbocycles. The van der Waals surface area contributed by atoms with E-state index in [0.29, 0.717) is 0 Å². The summed E-state index contributed by atoms with van der Waals surface area (Å²) in [6.07, 6.45) is 2.50. The van der Waals surface area contributed by atoms with Crippen molar-refractivity contribution in [3.05, 3.63) is 0 Å². The van der Waals surface area contributed by atoms with Crippen LogP contribution in [0, 0.1) is 0 Å². The van der Waals surface area contributed by atoms with Crippen molar-refractivity contribution >= 4 is 16.6 Å². The SMILES string of the molecule is BO[Si]1(C)CCCCO1. The monoisotopic (exact) mass is 144 g/mol. The summed E-state index contributed by atoms with van der Waals surface area (Å²) in [7, 11) is 0.151. The van der Waals surface area contributed by atoms with E-state index in [1.807, 2.05) is 0 Å². The minimum atomic E-state index is -1.61. The molecule has 0 amide bonds. The second-order valence-electron chi connectivity index (χ2n) is 2.64. The molecule has 0 aromatic heterocycles. The Bertz CT molecular complexity index is 93.0. The predicted molar refractivity (Wildman–Crippen MR) is 41.2 cm³/mol. The minimum absolute atomic E-state index is 0.913. The normalized spacial score (nSPS) is 36.6. The first kappa shape index (κ1) is 7.31. The average molecular weight is 144 g/mol. The fraction of sp³-hybridized carbons (Fsp3) is 1.00. The summed E-state index contributed by atoms with van der Waals surface area (Å²) in [4.78, 5) is 0. The highest BCUT2D eigenvalue weighted by atomic mass is 28.4. The summed E-state index contributed by atoms with van der Waals surface area (Å²) in [6, 6.07) is 1.17. The molecule has 1 heterocycles. The van der Waals surface area contributed by atoms with E-state index in [4.69, 9.17) is 8.77 Å². The van der Waals surface area contributed by atoms with E-state index in [1.165, 1.54) is 18.9 Å². The van der Waals surface area contributed by atoms with E-state index in [9.17, 15) is 0 Å². The van der Waals surface area contributed by atoms with Crippen molar-refractivity contribution < 1.29 is 8.77 Å². The van der Waals surface area contributed by atoms with Crippen LogP contribution in [0.15, 0.2) is 0 Å². The Balaban J connectivity index is 2.37. The molecular formula is C5H13BO2Si. The number of hydrogen-bond acceptors (Lipinski definition) is 2. The Morgan fingerprint density at radius 1 is 1.56 bits per heavy atom. The molecule has 9 heavy (non-hydrogen) atoms. The van der Waals surface area contributed by atoms with E-state index >= 15 is 0 Å². The Morgan fingerprint density at radius 2 is 2.33 bits per heavy atom. The third-order valence-corrected chi connectivity index (χ3v) is 4.80. The molecule has 4 heteroatoms. The van der Waals surface area contributed by atoms with Crippen molar-refractivity contribution in [3.63, 3.8) is 0 Å². The van der Waals surface area contributed by atoms with Crippen LogP contribution in [0.1, 0.15) is 12.8 Å². The first-order chi connectivity index (χ1) is 4.27. The van der Waals surface area contributed by atoms with Crippen molar-refractivity contribution in [2.24, 2.45) is 0 Å². The van der Waals surface area contributed by atoms with Crippen LogP contribution < -0.4 is 0 Å². The second kappa shape index (κ2) is 2.86. The highest BCUT2D eigenvalue weighted by Crippen LogP contribution is 2.20. The van der Waals surface area contributed by atoms with Crippen LogP contribution in [-0.2, 0) is 8.77 Å². The van der Waals surface area contributed by atoms with Crippen LogP contribution in [0.4, 0.5) is 0 Å². The van der Waals surface area contributed by atoms with Crippen LogP contribution in [-0.4, -0.2) is 23.2 Å². The van der Waals surface area contributed by atoms with Crippen molar-refractivity contribution in [2.45, 2.75) is 25.4 Å². The largest absolute Gasteiger partial charge is 0.463 e. The molecule has 0 spiro atoms. The predicted octanol–water partition coefficient (Wildman–Crippen LogP) is 0.433. The minimum Gasteiger partial charge on any atom is -0.463 e. The zero-order valence-corrected chi connectivity index (χ0v) is 7.14. The Kier molecular flexibility index (Phi) is 2.32. The molecule has 1 aliphatic heterocycles. The topological polar surface area (TPSA) is 18.5 Å². The Hall–Kier alpha value is 0.202. The Morgan fingerprint density at radius 3 is 2.67 bits per heavy atom. The van der Waals surface area contributed by atoms with Gasteiger partial charge < -0.3 is 8.77 Å².